The van der Waals surface area contributed by atoms with Gasteiger partial charge in [0.1, 0.15) is 0 Å². The van der Waals surface area contributed by atoms with E-state index in [0.717, 1.165) is 12.8 Å². The average Bonchev–Trinajstić information content (AvgIpc) is 2.48. The predicted octanol–water partition coefficient (Wildman–Crippen LogP) is -0.289. The van der Waals surface area contributed by atoms with Gasteiger partial charge in [0.25, 0.3) is 0 Å². The Kier molecular flexibility index (Phi) is 11.4. The normalized spacial score (nSPS) is 19.9. The minimum absolute atomic E-state index is 0. The van der Waals surface area contributed by atoms with E-state index in [2.05, 4.69) is 20.3 Å². The second-order valence-corrected chi connectivity index (χ2v) is 3.77. The van der Waals surface area contributed by atoms with Gasteiger partial charge in [0.05, 0.1) is 0 Å². The van der Waals surface area contributed by atoms with Crippen molar-refractivity contribution in [3.8, 4) is 0 Å². The quantitative estimate of drug-likeness (QED) is 0.508. The maximum absolute atomic E-state index is 8.72. The van der Waals surface area contributed by atoms with E-state index >= 15 is 0 Å². The van der Waals surface area contributed by atoms with Crippen molar-refractivity contribution >= 4 is 0 Å². The first kappa shape index (κ1) is 17.3. The first-order chi connectivity index (χ1) is 5.75. The summed E-state index contributed by atoms with van der Waals surface area (Å²) >= 11 is 0. The first-order valence-corrected chi connectivity index (χ1v) is 4.86. The molecule has 1 fully saturated rings. The average molecular weight is 403 g/mol. The van der Waals surface area contributed by atoms with Crippen molar-refractivity contribution < 1.29 is 45.2 Å². The second-order valence-electron chi connectivity index (χ2n) is 3.77. The SMILES string of the molecule is CC(C)=C1CC[CH][C@@H]1CCCO.[Cl-].[Hg+]. The summed E-state index contributed by atoms with van der Waals surface area (Å²) in [5.74, 6) is 0.669. The first-order valence-electron chi connectivity index (χ1n) is 4.86. The van der Waals surface area contributed by atoms with Gasteiger partial charge in [-0.05, 0) is 51.9 Å². The van der Waals surface area contributed by atoms with E-state index in [4.69, 9.17) is 5.11 Å². The molecule has 0 heterocycles. The standard InChI is InChI=1S/C11H19O.ClH.Hg/c1-9(2)11-7-3-5-10(11)6-4-8-12;;/h5,10,12H,3-4,6-8H2,1-2H3;1H;/q;;+1/p-1/t10-;;/m1../s1. The molecule has 1 aliphatic rings. The molecule has 78 valence electrons. The van der Waals surface area contributed by atoms with Crippen molar-refractivity contribution in [2.24, 2.45) is 5.92 Å². The maximum atomic E-state index is 8.72. The molecule has 0 aromatic carbocycles. The molecule has 1 rings (SSSR count). The van der Waals surface area contributed by atoms with Gasteiger partial charge in [-0.2, -0.15) is 0 Å². The van der Waals surface area contributed by atoms with Crippen molar-refractivity contribution in [1.82, 2.24) is 0 Å². The number of halogens is 1. The molecule has 3 heteroatoms. The minimum atomic E-state index is 0. The fourth-order valence-corrected chi connectivity index (χ4v) is 1.99. The van der Waals surface area contributed by atoms with Crippen LogP contribution in [0.25, 0.3) is 0 Å². The number of allylic oxidation sites excluding steroid dienone is 2. The molecule has 1 saturated carbocycles. The molecule has 14 heavy (non-hydrogen) atoms. The van der Waals surface area contributed by atoms with Crippen LogP contribution >= 0.6 is 0 Å². The van der Waals surface area contributed by atoms with E-state index in [1.54, 1.807) is 5.57 Å². The van der Waals surface area contributed by atoms with Gasteiger partial charge in [0.15, 0.2) is 0 Å². The van der Waals surface area contributed by atoms with Crippen LogP contribution in [0.1, 0.15) is 39.5 Å². The zero-order valence-electron chi connectivity index (χ0n) is 9.22. The zero-order chi connectivity index (χ0) is 8.97. The Balaban J connectivity index is 0. The number of hydrogen-bond acceptors (Lipinski definition) is 1. The Hall–Kier alpha value is 0.925. The molecule has 1 N–H and O–H groups in total. The fraction of sp³-hybridized carbons (Fsp3) is 0.727. The molecular formula is C11H19ClHgO. The topological polar surface area (TPSA) is 20.2 Å². The third-order valence-electron chi connectivity index (χ3n) is 2.63. The number of aliphatic hydroxyl groups excluding tert-OH is 1. The number of hydrogen-bond donors (Lipinski definition) is 1. The van der Waals surface area contributed by atoms with Crippen molar-refractivity contribution in [1.29, 1.82) is 0 Å². The van der Waals surface area contributed by atoms with E-state index in [1.807, 2.05) is 0 Å². The van der Waals surface area contributed by atoms with Crippen LogP contribution in [0.4, 0.5) is 0 Å². The molecule has 1 aliphatic carbocycles. The number of aliphatic hydroxyl groups is 1. The Bertz CT molecular complexity index is 176. The molecule has 0 saturated heterocycles. The molecule has 1 atom stereocenters. The Labute approximate surface area is 114 Å². The Morgan fingerprint density at radius 1 is 1.50 bits per heavy atom. The second kappa shape index (κ2) is 9.17. The summed E-state index contributed by atoms with van der Waals surface area (Å²) < 4.78 is 0. The van der Waals surface area contributed by atoms with E-state index in [9.17, 15) is 0 Å². The molecule has 0 unspecified atom stereocenters. The molecule has 2 radical (unpaired) electrons. The van der Waals surface area contributed by atoms with Gasteiger partial charge in [0.2, 0.25) is 0 Å². The number of rotatable bonds is 3. The van der Waals surface area contributed by atoms with Gasteiger partial charge in [-0.15, -0.1) is 0 Å². The third-order valence-corrected chi connectivity index (χ3v) is 2.63. The zero-order valence-corrected chi connectivity index (χ0v) is 15.5. The summed E-state index contributed by atoms with van der Waals surface area (Å²) in [6, 6.07) is 0. The van der Waals surface area contributed by atoms with Gasteiger partial charge in [-0.25, -0.2) is 0 Å². The maximum Gasteiger partial charge on any atom is 1.00 e. The predicted molar refractivity (Wildman–Crippen MR) is 51.7 cm³/mol. The molecule has 0 aromatic rings. The molecular weight excluding hydrogens is 384 g/mol. The van der Waals surface area contributed by atoms with Crippen molar-refractivity contribution in [2.75, 3.05) is 6.61 Å². The summed E-state index contributed by atoms with van der Waals surface area (Å²) in [6.45, 7) is 4.72. The minimum Gasteiger partial charge on any atom is -1.00 e. The van der Waals surface area contributed by atoms with Crippen LogP contribution in [0.5, 0.6) is 0 Å². The molecule has 0 aromatic heterocycles. The summed E-state index contributed by atoms with van der Waals surface area (Å²) in [6.07, 6.45) is 6.96. The molecule has 1 nitrogen and oxygen atoms in total. The van der Waals surface area contributed by atoms with Crippen molar-refractivity contribution in [3.63, 3.8) is 0 Å². The van der Waals surface area contributed by atoms with E-state index < -0.39 is 0 Å². The van der Waals surface area contributed by atoms with Crippen LogP contribution in [-0.4, -0.2) is 11.7 Å². The summed E-state index contributed by atoms with van der Waals surface area (Å²) in [4.78, 5) is 0. The molecule has 0 bridgehead atoms. The van der Waals surface area contributed by atoms with E-state index in [-0.39, 0.29) is 40.1 Å². The van der Waals surface area contributed by atoms with Crippen LogP contribution in [0.2, 0.25) is 0 Å². The summed E-state index contributed by atoms with van der Waals surface area (Å²) in [5, 5.41) is 8.72. The Morgan fingerprint density at radius 3 is 2.64 bits per heavy atom. The van der Waals surface area contributed by atoms with Gasteiger partial charge >= 0.3 is 27.7 Å². The van der Waals surface area contributed by atoms with Crippen LogP contribution in [0.3, 0.4) is 0 Å². The van der Waals surface area contributed by atoms with E-state index in [1.165, 1.54) is 18.4 Å². The van der Waals surface area contributed by atoms with Crippen molar-refractivity contribution in [3.05, 3.63) is 17.6 Å². The summed E-state index contributed by atoms with van der Waals surface area (Å²) in [7, 11) is 0. The third kappa shape index (κ3) is 5.13. The largest absolute Gasteiger partial charge is 1.00 e. The fourth-order valence-electron chi connectivity index (χ4n) is 1.99. The molecule has 0 amide bonds. The van der Waals surface area contributed by atoms with Crippen molar-refractivity contribution in [2.45, 2.75) is 39.5 Å². The van der Waals surface area contributed by atoms with Gasteiger partial charge in [-0.3, -0.25) is 0 Å². The summed E-state index contributed by atoms with van der Waals surface area (Å²) in [5.41, 5.74) is 3.09. The van der Waals surface area contributed by atoms with Crippen LogP contribution in [0.15, 0.2) is 11.1 Å². The molecule has 0 spiro atoms. The smallest absolute Gasteiger partial charge is 1.00 e. The van der Waals surface area contributed by atoms with Gasteiger partial charge in [0, 0.05) is 6.61 Å². The van der Waals surface area contributed by atoms with Crippen LogP contribution in [-0.2, 0) is 27.7 Å². The van der Waals surface area contributed by atoms with Gasteiger partial charge < -0.3 is 17.5 Å². The monoisotopic (exact) mass is 404 g/mol. The van der Waals surface area contributed by atoms with Crippen LogP contribution < -0.4 is 12.4 Å². The van der Waals surface area contributed by atoms with Crippen LogP contribution in [0, 0.1) is 12.3 Å². The van der Waals surface area contributed by atoms with Gasteiger partial charge in [-0.1, -0.05) is 11.1 Å². The Morgan fingerprint density at radius 2 is 2.14 bits per heavy atom. The van der Waals surface area contributed by atoms with E-state index in [0.29, 0.717) is 12.5 Å². The molecule has 0 aliphatic heterocycles.